The third-order valence-electron chi connectivity index (χ3n) is 5.76. The summed E-state index contributed by atoms with van der Waals surface area (Å²) >= 11 is 0. The molecule has 8 heteroatoms. The Morgan fingerprint density at radius 1 is 1.38 bits per heavy atom. The molecule has 0 bridgehead atoms. The molecule has 1 aromatic rings. The van der Waals surface area contributed by atoms with E-state index in [0.717, 1.165) is 24.0 Å². The monoisotopic (exact) mass is 359 g/mol. The first-order valence-corrected chi connectivity index (χ1v) is 9.05. The van der Waals surface area contributed by atoms with Crippen LogP contribution in [0.2, 0.25) is 0 Å². The summed E-state index contributed by atoms with van der Waals surface area (Å²) < 4.78 is 17.6. The molecular formula is C18H21N3O5. The van der Waals surface area contributed by atoms with Gasteiger partial charge in [-0.2, -0.15) is 0 Å². The van der Waals surface area contributed by atoms with Gasteiger partial charge in [0.15, 0.2) is 6.23 Å². The van der Waals surface area contributed by atoms with Crippen molar-refractivity contribution >= 4 is 12.0 Å². The molecular weight excluding hydrogens is 338 g/mol. The van der Waals surface area contributed by atoms with E-state index in [1.165, 1.54) is 0 Å². The number of carbonyl (C=O) groups is 2. The lowest BCUT2D eigenvalue weighted by molar-refractivity contribution is -0.171. The molecule has 1 spiro atoms. The maximum atomic E-state index is 12.9. The highest BCUT2D eigenvalue weighted by Crippen LogP contribution is 2.50. The van der Waals surface area contributed by atoms with Gasteiger partial charge in [0.2, 0.25) is 11.8 Å². The highest BCUT2D eigenvalue weighted by Gasteiger charge is 2.55. The number of carbonyl (C=O) groups excluding carboxylic acids is 2. The molecule has 1 N–H and O–H groups in total. The molecule has 4 aliphatic rings. The Labute approximate surface area is 150 Å². The quantitative estimate of drug-likeness (QED) is 0.746. The summed E-state index contributed by atoms with van der Waals surface area (Å²) in [6, 6.07) is 1.92. The fourth-order valence-electron chi connectivity index (χ4n) is 4.45. The number of ether oxygens (including phenoxy) is 3. The van der Waals surface area contributed by atoms with Crippen LogP contribution in [0.15, 0.2) is 12.3 Å². The van der Waals surface area contributed by atoms with Crippen LogP contribution in [0.4, 0.5) is 4.79 Å². The topological polar surface area (TPSA) is 90.0 Å². The Kier molecular flexibility index (Phi) is 3.48. The third-order valence-corrected chi connectivity index (χ3v) is 5.76. The SMILES string of the molecule is Cc1ccnc2c1C1C[C@H]1OC1N(CCCC13COCC(=O)N3)C(=O)O2. The lowest BCUT2D eigenvalue weighted by Crippen LogP contribution is -2.71. The fraction of sp³-hybridized carbons (Fsp3) is 0.611. The van der Waals surface area contributed by atoms with Gasteiger partial charge >= 0.3 is 6.09 Å². The number of pyridine rings is 1. The van der Waals surface area contributed by atoms with Crippen LogP contribution in [-0.2, 0) is 14.3 Å². The lowest BCUT2D eigenvalue weighted by Gasteiger charge is -2.50. The van der Waals surface area contributed by atoms with Crippen molar-refractivity contribution in [2.75, 3.05) is 19.8 Å². The number of amides is 2. The molecule has 0 radical (unpaired) electrons. The summed E-state index contributed by atoms with van der Waals surface area (Å²) in [7, 11) is 0. The van der Waals surface area contributed by atoms with E-state index < -0.39 is 17.9 Å². The van der Waals surface area contributed by atoms with E-state index in [-0.39, 0.29) is 24.5 Å². The van der Waals surface area contributed by atoms with Gasteiger partial charge in [-0.15, -0.1) is 0 Å². The molecule has 4 heterocycles. The van der Waals surface area contributed by atoms with Crippen molar-refractivity contribution in [1.82, 2.24) is 15.2 Å². The van der Waals surface area contributed by atoms with Crippen molar-refractivity contribution in [2.24, 2.45) is 0 Å². The van der Waals surface area contributed by atoms with Crippen molar-refractivity contribution < 1.29 is 23.8 Å². The number of aromatic nitrogens is 1. The Morgan fingerprint density at radius 3 is 3.12 bits per heavy atom. The minimum atomic E-state index is -0.723. The number of rotatable bonds is 0. The zero-order valence-electron chi connectivity index (χ0n) is 14.6. The lowest BCUT2D eigenvalue weighted by atomic mass is 9.86. The largest absolute Gasteiger partial charge is 0.418 e. The van der Waals surface area contributed by atoms with Crippen LogP contribution in [-0.4, -0.2) is 59.5 Å². The molecule has 3 unspecified atom stereocenters. The van der Waals surface area contributed by atoms with Crippen LogP contribution < -0.4 is 10.1 Å². The summed E-state index contributed by atoms with van der Waals surface area (Å²) in [5, 5.41) is 3.04. The Bertz CT molecular complexity index is 780. The molecule has 0 aromatic carbocycles. The van der Waals surface area contributed by atoms with Gasteiger partial charge in [-0.05, 0) is 37.8 Å². The smallest absolute Gasteiger partial charge is 0.391 e. The molecule has 5 rings (SSSR count). The standard InChI is InChI=1S/C18H21N3O5/c1-10-3-5-19-15-14(10)11-7-12(11)25-16-18(9-24-8-13(22)20-18)4-2-6-21(16)17(23)26-15/h3,5,11-12,16H,2,4,6-9H2,1H3,(H,20,22)/t11?,12-,16?,18?/m1/s1. The highest BCUT2D eigenvalue weighted by molar-refractivity contribution is 5.79. The van der Waals surface area contributed by atoms with Gasteiger partial charge in [-0.25, -0.2) is 9.78 Å². The van der Waals surface area contributed by atoms with E-state index in [1.54, 1.807) is 11.1 Å². The number of nitrogens with zero attached hydrogens (tertiary/aromatic N) is 2. The summed E-state index contributed by atoms with van der Waals surface area (Å²) in [4.78, 5) is 30.7. The van der Waals surface area contributed by atoms with Crippen LogP contribution in [0.1, 0.15) is 36.3 Å². The first-order valence-electron chi connectivity index (χ1n) is 9.05. The minimum absolute atomic E-state index is 0.0209. The number of fused-ring (bicyclic) bond motifs is 5. The molecule has 26 heavy (non-hydrogen) atoms. The molecule has 3 aliphatic heterocycles. The fourth-order valence-corrected chi connectivity index (χ4v) is 4.45. The van der Waals surface area contributed by atoms with E-state index in [9.17, 15) is 9.59 Å². The van der Waals surface area contributed by atoms with Gasteiger partial charge in [0.1, 0.15) is 12.1 Å². The van der Waals surface area contributed by atoms with Crippen molar-refractivity contribution in [3.8, 4) is 5.88 Å². The van der Waals surface area contributed by atoms with Crippen molar-refractivity contribution in [3.05, 3.63) is 23.4 Å². The van der Waals surface area contributed by atoms with Crippen molar-refractivity contribution in [3.63, 3.8) is 0 Å². The van der Waals surface area contributed by atoms with E-state index in [4.69, 9.17) is 14.2 Å². The first kappa shape index (κ1) is 16.0. The summed E-state index contributed by atoms with van der Waals surface area (Å²) in [6.07, 6.45) is 2.84. The van der Waals surface area contributed by atoms with Crippen LogP contribution in [0.25, 0.3) is 0 Å². The molecule has 2 saturated heterocycles. The Morgan fingerprint density at radius 2 is 2.27 bits per heavy atom. The third kappa shape index (κ3) is 2.39. The maximum Gasteiger partial charge on any atom is 0.418 e. The average molecular weight is 359 g/mol. The number of aryl methyl sites for hydroxylation is 1. The second kappa shape index (κ2) is 5.65. The zero-order valence-corrected chi connectivity index (χ0v) is 14.6. The zero-order chi connectivity index (χ0) is 17.9. The van der Waals surface area contributed by atoms with Gasteiger partial charge in [0, 0.05) is 24.2 Å². The van der Waals surface area contributed by atoms with E-state index in [2.05, 4.69) is 10.3 Å². The molecule has 1 saturated carbocycles. The number of nitrogens with one attached hydrogen (secondary N) is 1. The van der Waals surface area contributed by atoms with E-state index >= 15 is 0 Å². The van der Waals surface area contributed by atoms with E-state index in [1.807, 2.05) is 13.0 Å². The number of morpholine rings is 1. The second-order valence-corrected chi connectivity index (χ2v) is 7.58. The number of piperidine rings is 1. The minimum Gasteiger partial charge on any atom is -0.391 e. The van der Waals surface area contributed by atoms with Gasteiger partial charge in [0.05, 0.1) is 12.7 Å². The molecule has 138 valence electrons. The van der Waals surface area contributed by atoms with E-state index in [0.29, 0.717) is 25.5 Å². The highest BCUT2D eigenvalue weighted by atomic mass is 16.6. The van der Waals surface area contributed by atoms with Gasteiger partial charge in [-0.1, -0.05) is 0 Å². The van der Waals surface area contributed by atoms with Gasteiger partial charge < -0.3 is 19.5 Å². The maximum absolute atomic E-state index is 12.9. The predicted molar refractivity (Wildman–Crippen MR) is 88.6 cm³/mol. The molecule has 3 fully saturated rings. The summed E-state index contributed by atoms with van der Waals surface area (Å²) in [6.45, 7) is 2.87. The van der Waals surface area contributed by atoms with Crippen molar-refractivity contribution in [1.29, 1.82) is 0 Å². The summed E-state index contributed by atoms with van der Waals surface area (Å²) in [5.41, 5.74) is 1.27. The Hall–Kier alpha value is -2.19. The van der Waals surface area contributed by atoms with Crippen LogP contribution >= 0.6 is 0 Å². The number of hydrogen-bond acceptors (Lipinski definition) is 6. The second-order valence-electron chi connectivity index (χ2n) is 7.58. The van der Waals surface area contributed by atoms with Crippen molar-refractivity contribution in [2.45, 2.75) is 50.0 Å². The van der Waals surface area contributed by atoms with Crippen LogP contribution in [0.3, 0.4) is 0 Å². The van der Waals surface area contributed by atoms with Crippen LogP contribution in [0.5, 0.6) is 5.88 Å². The molecule has 1 aliphatic carbocycles. The normalized spacial score (nSPS) is 35.9. The molecule has 2 amide bonds. The van der Waals surface area contributed by atoms with Crippen LogP contribution in [0, 0.1) is 6.92 Å². The molecule has 8 nitrogen and oxygen atoms in total. The summed E-state index contributed by atoms with van der Waals surface area (Å²) in [5.74, 6) is 0.351. The predicted octanol–water partition coefficient (Wildman–Crippen LogP) is 1.08. The average Bonchev–Trinajstić information content (AvgIpc) is 3.34. The Balaban J connectivity index is 1.54. The molecule has 4 atom stereocenters. The molecule has 1 aromatic heterocycles. The van der Waals surface area contributed by atoms with Gasteiger partial charge in [-0.3, -0.25) is 9.69 Å². The first-order chi connectivity index (χ1) is 12.6. The van der Waals surface area contributed by atoms with Gasteiger partial charge in [0.25, 0.3) is 0 Å². The number of hydrogen-bond donors (Lipinski definition) is 1.